The molecule has 1 unspecified atom stereocenters. The van der Waals surface area contributed by atoms with Crippen molar-refractivity contribution in [2.45, 2.75) is 12.5 Å². The predicted octanol–water partition coefficient (Wildman–Crippen LogP) is 1.09. The number of hydrogen-bond donors (Lipinski definition) is 2. The number of aliphatic hydroxyl groups is 1. The number of rotatable bonds is 6. The fourth-order valence-corrected chi connectivity index (χ4v) is 1.49. The Morgan fingerprint density at radius 3 is 2.53 bits per heavy atom. The molecule has 3 nitrogen and oxygen atoms in total. The lowest BCUT2D eigenvalue weighted by Crippen LogP contribution is -2.33. The summed E-state index contributed by atoms with van der Waals surface area (Å²) >= 11 is 0. The van der Waals surface area contributed by atoms with Crippen LogP contribution in [-0.2, 0) is 0 Å². The Morgan fingerprint density at radius 1 is 1.33 bits per heavy atom. The van der Waals surface area contributed by atoms with Crippen LogP contribution in [0.15, 0.2) is 30.3 Å². The second-order valence-corrected chi connectivity index (χ2v) is 3.71. The smallest absolute Gasteiger partial charge is 0.0585 e. The highest BCUT2D eigenvalue weighted by molar-refractivity contribution is 5.44. The van der Waals surface area contributed by atoms with Crippen LogP contribution < -0.4 is 10.2 Å². The number of nitrogens with one attached hydrogen (secondary N) is 1. The van der Waals surface area contributed by atoms with Crippen LogP contribution in [0, 0.1) is 0 Å². The van der Waals surface area contributed by atoms with Crippen LogP contribution in [0.25, 0.3) is 0 Å². The van der Waals surface area contributed by atoms with Crippen molar-refractivity contribution in [3.8, 4) is 0 Å². The highest BCUT2D eigenvalue weighted by atomic mass is 16.3. The van der Waals surface area contributed by atoms with E-state index in [-0.39, 0.29) is 12.6 Å². The molecule has 0 amide bonds. The third-order valence-electron chi connectivity index (χ3n) is 2.64. The lowest BCUT2D eigenvalue weighted by molar-refractivity contribution is 0.243. The third kappa shape index (κ3) is 3.90. The Labute approximate surface area is 91.7 Å². The fraction of sp³-hybridized carbons (Fsp3) is 0.500. The van der Waals surface area contributed by atoms with Gasteiger partial charge in [-0.25, -0.2) is 0 Å². The van der Waals surface area contributed by atoms with Gasteiger partial charge < -0.3 is 15.3 Å². The molecule has 3 heteroatoms. The quantitative estimate of drug-likeness (QED) is 0.734. The van der Waals surface area contributed by atoms with E-state index in [0.29, 0.717) is 0 Å². The first kappa shape index (κ1) is 12.0. The number of anilines is 1. The highest BCUT2D eigenvalue weighted by Gasteiger charge is 2.06. The van der Waals surface area contributed by atoms with Gasteiger partial charge in [0, 0.05) is 25.3 Å². The first-order valence-electron chi connectivity index (χ1n) is 5.32. The molecule has 0 spiro atoms. The van der Waals surface area contributed by atoms with Crippen LogP contribution in [0.5, 0.6) is 0 Å². The van der Waals surface area contributed by atoms with E-state index in [2.05, 4.69) is 29.4 Å². The molecule has 0 radical (unpaired) electrons. The van der Waals surface area contributed by atoms with Gasteiger partial charge >= 0.3 is 0 Å². The van der Waals surface area contributed by atoms with Crippen molar-refractivity contribution in [3.63, 3.8) is 0 Å². The number of para-hydroxylation sites is 1. The van der Waals surface area contributed by atoms with E-state index >= 15 is 0 Å². The number of nitrogens with zero attached hydrogens (tertiary/aromatic N) is 1. The van der Waals surface area contributed by atoms with Gasteiger partial charge in [0.25, 0.3) is 0 Å². The molecular weight excluding hydrogens is 188 g/mol. The van der Waals surface area contributed by atoms with Crippen LogP contribution in [-0.4, -0.2) is 38.4 Å². The van der Waals surface area contributed by atoms with Crippen molar-refractivity contribution in [1.29, 1.82) is 0 Å². The average molecular weight is 208 g/mol. The summed E-state index contributed by atoms with van der Waals surface area (Å²) in [5.41, 5.74) is 1.21. The van der Waals surface area contributed by atoms with Crippen molar-refractivity contribution >= 4 is 5.69 Å². The van der Waals surface area contributed by atoms with Crippen LogP contribution in [0.1, 0.15) is 6.42 Å². The molecule has 1 atom stereocenters. The molecule has 0 aromatic heterocycles. The lowest BCUT2D eigenvalue weighted by atomic mass is 10.2. The minimum absolute atomic E-state index is 0.191. The second-order valence-electron chi connectivity index (χ2n) is 3.71. The van der Waals surface area contributed by atoms with Gasteiger partial charge in [-0.15, -0.1) is 0 Å². The number of likely N-dealkylation sites (N-methyl/N-ethyl adjacent to an activating group) is 1. The molecule has 0 bridgehead atoms. The van der Waals surface area contributed by atoms with Gasteiger partial charge in [-0.1, -0.05) is 18.2 Å². The molecule has 0 fully saturated rings. The first-order valence-corrected chi connectivity index (χ1v) is 5.32. The van der Waals surface area contributed by atoms with Gasteiger partial charge in [0.05, 0.1) is 6.61 Å². The van der Waals surface area contributed by atoms with Crippen molar-refractivity contribution in [1.82, 2.24) is 5.32 Å². The van der Waals surface area contributed by atoms with Crippen LogP contribution >= 0.6 is 0 Å². The van der Waals surface area contributed by atoms with E-state index in [0.717, 1.165) is 13.0 Å². The maximum atomic E-state index is 9.03. The third-order valence-corrected chi connectivity index (χ3v) is 2.64. The van der Waals surface area contributed by atoms with E-state index < -0.39 is 0 Å². The Morgan fingerprint density at radius 2 is 2.00 bits per heavy atom. The van der Waals surface area contributed by atoms with Crippen molar-refractivity contribution in [2.24, 2.45) is 0 Å². The lowest BCUT2D eigenvalue weighted by Gasteiger charge is -2.22. The molecule has 1 rings (SSSR count). The molecule has 0 saturated carbocycles. The number of aliphatic hydroxyl groups excluding tert-OH is 1. The zero-order valence-corrected chi connectivity index (χ0v) is 9.48. The van der Waals surface area contributed by atoms with Crippen LogP contribution in [0.3, 0.4) is 0 Å². The molecular formula is C12H20N2O. The minimum Gasteiger partial charge on any atom is -0.395 e. The van der Waals surface area contributed by atoms with E-state index in [4.69, 9.17) is 5.11 Å². The highest BCUT2D eigenvalue weighted by Crippen LogP contribution is 2.11. The molecule has 1 aromatic rings. The zero-order chi connectivity index (χ0) is 11.1. The largest absolute Gasteiger partial charge is 0.395 e. The molecule has 84 valence electrons. The molecule has 2 N–H and O–H groups in total. The summed E-state index contributed by atoms with van der Waals surface area (Å²) < 4.78 is 0. The first-order chi connectivity index (χ1) is 7.27. The van der Waals surface area contributed by atoms with Crippen molar-refractivity contribution < 1.29 is 5.11 Å². The summed E-state index contributed by atoms with van der Waals surface area (Å²) in [5.74, 6) is 0. The van der Waals surface area contributed by atoms with E-state index in [1.165, 1.54) is 5.69 Å². The molecule has 0 saturated heterocycles. The SMILES string of the molecule is CNC(CO)CCN(C)c1ccccc1. The van der Waals surface area contributed by atoms with Crippen molar-refractivity contribution in [2.75, 3.05) is 32.1 Å². The zero-order valence-electron chi connectivity index (χ0n) is 9.48. The van der Waals surface area contributed by atoms with Gasteiger partial charge in [-0.2, -0.15) is 0 Å². The average Bonchev–Trinajstić information content (AvgIpc) is 2.31. The summed E-state index contributed by atoms with van der Waals surface area (Å²) in [6, 6.07) is 10.5. The maximum Gasteiger partial charge on any atom is 0.0585 e. The summed E-state index contributed by atoms with van der Waals surface area (Å²) in [7, 11) is 3.95. The fourth-order valence-electron chi connectivity index (χ4n) is 1.49. The van der Waals surface area contributed by atoms with Gasteiger partial charge in [0.1, 0.15) is 0 Å². The summed E-state index contributed by atoms with van der Waals surface area (Å²) in [6.45, 7) is 1.13. The number of benzene rings is 1. The summed E-state index contributed by atoms with van der Waals surface area (Å²) in [5, 5.41) is 12.1. The molecule has 0 aliphatic carbocycles. The minimum atomic E-state index is 0.191. The molecule has 0 aliphatic rings. The van der Waals surface area contributed by atoms with E-state index in [1.54, 1.807) is 0 Å². The Kier molecular flexibility index (Phi) is 5.15. The molecule has 0 heterocycles. The monoisotopic (exact) mass is 208 g/mol. The van der Waals surface area contributed by atoms with E-state index in [9.17, 15) is 0 Å². The van der Waals surface area contributed by atoms with Gasteiger partial charge in [0.15, 0.2) is 0 Å². The molecule has 1 aromatic carbocycles. The Hall–Kier alpha value is -1.06. The predicted molar refractivity (Wildman–Crippen MR) is 64.3 cm³/mol. The van der Waals surface area contributed by atoms with E-state index in [1.807, 2.05) is 25.2 Å². The normalized spacial score (nSPS) is 12.5. The van der Waals surface area contributed by atoms with Crippen molar-refractivity contribution in [3.05, 3.63) is 30.3 Å². The maximum absolute atomic E-state index is 9.03. The topological polar surface area (TPSA) is 35.5 Å². The molecule has 0 aliphatic heterocycles. The van der Waals surface area contributed by atoms with Gasteiger partial charge in [0.2, 0.25) is 0 Å². The second kappa shape index (κ2) is 6.43. The summed E-state index contributed by atoms with van der Waals surface area (Å²) in [6.07, 6.45) is 0.943. The molecule has 15 heavy (non-hydrogen) atoms. The Balaban J connectivity index is 2.39. The van der Waals surface area contributed by atoms with Crippen LogP contribution in [0.4, 0.5) is 5.69 Å². The standard InChI is InChI=1S/C12H20N2O/c1-13-11(10-15)8-9-14(2)12-6-4-3-5-7-12/h3-7,11,13,15H,8-10H2,1-2H3. The summed E-state index contributed by atoms with van der Waals surface area (Å²) in [4.78, 5) is 2.19. The number of hydrogen-bond acceptors (Lipinski definition) is 3. The van der Waals surface area contributed by atoms with Gasteiger partial charge in [-0.3, -0.25) is 0 Å². The van der Waals surface area contributed by atoms with Gasteiger partial charge in [-0.05, 0) is 25.6 Å². The van der Waals surface area contributed by atoms with Crippen LogP contribution in [0.2, 0.25) is 0 Å². The Bertz CT molecular complexity index is 260.